The number of rotatable bonds is 5. The molecule has 1 amide bonds. The Hall–Kier alpha value is -2.85. The van der Waals surface area contributed by atoms with Gasteiger partial charge in [0.25, 0.3) is 5.91 Å². The summed E-state index contributed by atoms with van der Waals surface area (Å²) in [6, 6.07) is 14.7. The maximum atomic E-state index is 13.6. The first-order chi connectivity index (χ1) is 17.7. The fraction of sp³-hybridized carbons (Fsp3) is 0.407. The van der Waals surface area contributed by atoms with E-state index >= 15 is 0 Å². The van der Waals surface area contributed by atoms with Gasteiger partial charge in [0.2, 0.25) is 0 Å². The molecule has 0 N–H and O–H groups in total. The summed E-state index contributed by atoms with van der Waals surface area (Å²) in [7, 11) is 1.68. The number of hydrogen-bond donors (Lipinski definition) is 0. The zero-order chi connectivity index (χ0) is 24.5. The standard InChI is InChI=1S/C27H30N4O4S/c1-33-21-6-7-22-24(16-21)36-18-23-25(27(32)30-10-14-35-15-11-30)28-31(26(22)23)20-4-2-19(3-5-20)17-29-8-12-34-13-9-29/h2-7,16H,8-15,17-18H2,1H3. The van der Waals surface area contributed by atoms with Crippen molar-refractivity contribution in [2.45, 2.75) is 17.2 Å². The Morgan fingerprint density at radius 2 is 1.72 bits per heavy atom. The number of amides is 1. The molecule has 0 unspecified atom stereocenters. The van der Waals surface area contributed by atoms with Crippen LogP contribution in [0.15, 0.2) is 47.4 Å². The molecular weight excluding hydrogens is 476 g/mol. The van der Waals surface area contributed by atoms with E-state index in [1.165, 1.54) is 5.56 Å². The van der Waals surface area contributed by atoms with E-state index in [2.05, 4.69) is 41.3 Å². The molecule has 2 saturated heterocycles. The van der Waals surface area contributed by atoms with Gasteiger partial charge in [-0.25, -0.2) is 4.68 Å². The van der Waals surface area contributed by atoms with E-state index in [9.17, 15) is 4.79 Å². The Morgan fingerprint density at radius 3 is 2.44 bits per heavy atom. The first-order valence-electron chi connectivity index (χ1n) is 12.4. The van der Waals surface area contributed by atoms with Gasteiger partial charge in [0.1, 0.15) is 5.75 Å². The predicted octanol–water partition coefficient (Wildman–Crippen LogP) is 3.46. The Balaban J connectivity index is 1.38. The number of morpholine rings is 2. The van der Waals surface area contributed by atoms with Gasteiger partial charge in [-0.1, -0.05) is 12.1 Å². The van der Waals surface area contributed by atoms with Crippen molar-refractivity contribution in [3.63, 3.8) is 0 Å². The topological polar surface area (TPSA) is 69.1 Å². The molecular formula is C27H30N4O4S. The number of benzene rings is 2. The summed E-state index contributed by atoms with van der Waals surface area (Å²) in [5, 5.41) is 4.94. The number of ether oxygens (including phenoxy) is 3. The fourth-order valence-corrected chi connectivity index (χ4v) is 6.09. The monoisotopic (exact) mass is 506 g/mol. The summed E-state index contributed by atoms with van der Waals surface area (Å²) in [5.74, 6) is 1.50. The zero-order valence-corrected chi connectivity index (χ0v) is 21.3. The molecule has 0 spiro atoms. The van der Waals surface area contributed by atoms with Crippen LogP contribution >= 0.6 is 11.8 Å². The average Bonchev–Trinajstić information content (AvgIpc) is 3.34. The molecule has 3 aromatic rings. The number of fused-ring (bicyclic) bond motifs is 3. The highest BCUT2D eigenvalue weighted by atomic mass is 32.2. The minimum Gasteiger partial charge on any atom is -0.497 e. The van der Waals surface area contributed by atoms with E-state index in [1.54, 1.807) is 18.9 Å². The molecule has 6 rings (SSSR count). The third kappa shape index (κ3) is 4.52. The van der Waals surface area contributed by atoms with E-state index in [0.717, 1.165) is 66.0 Å². The van der Waals surface area contributed by atoms with Crippen molar-refractivity contribution < 1.29 is 19.0 Å². The summed E-state index contributed by atoms with van der Waals surface area (Å²) >= 11 is 1.73. The van der Waals surface area contributed by atoms with Crippen LogP contribution in [0.1, 0.15) is 21.6 Å². The van der Waals surface area contributed by atoms with Crippen LogP contribution in [0.25, 0.3) is 16.9 Å². The summed E-state index contributed by atoms with van der Waals surface area (Å²) in [4.78, 5) is 19.0. The van der Waals surface area contributed by atoms with E-state index in [0.29, 0.717) is 37.8 Å². The van der Waals surface area contributed by atoms with Crippen LogP contribution in [-0.2, 0) is 21.8 Å². The van der Waals surface area contributed by atoms with Crippen molar-refractivity contribution in [3.05, 3.63) is 59.3 Å². The van der Waals surface area contributed by atoms with Crippen molar-refractivity contribution in [1.29, 1.82) is 0 Å². The SMILES string of the molecule is COc1ccc2c(c1)SCc1c(C(=O)N3CCOCC3)nn(-c3ccc(CN4CCOCC4)cc3)c1-2. The highest BCUT2D eigenvalue weighted by Gasteiger charge is 2.32. The smallest absolute Gasteiger partial charge is 0.274 e. The molecule has 36 heavy (non-hydrogen) atoms. The Morgan fingerprint density at radius 1 is 1.00 bits per heavy atom. The molecule has 3 aliphatic heterocycles. The summed E-state index contributed by atoms with van der Waals surface area (Å²) in [6.45, 7) is 6.72. The Bertz CT molecular complexity index is 1250. The van der Waals surface area contributed by atoms with Crippen molar-refractivity contribution in [2.24, 2.45) is 0 Å². The average molecular weight is 507 g/mol. The van der Waals surface area contributed by atoms with E-state index in [4.69, 9.17) is 19.3 Å². The van der Waals surface area contributed by atoms with Crippen LogP contribution < -0.4 is 4.74 Å². The van der Waals surface area contributed by atoms with Gasteiger partial charge in [-0.3, -0.25) is 9.69 Å². The molecule has 2 aromatic carbocycles. The number of carbonyl (C=O) groups is 1. The molecule has 0 bridgehead atoms. The van der Waals surface area contributed by atoms with Gasteiger partial charge in [-0.05, 0) is 35.9 Å². The summed E-state index contributed by atoms with van der Waals surface area (Å²) in [6.07, 6.45) is 0. The van der Waals surface area contributed by atoms with E-state index in [-0.39, 0.29) is 5.91 Å². The lowest BCUT2D eigenvalue weighted by atomic mass is 10.0. The molecule has 0 atom stereocenters. The van der Waals surface area contributed by atoms with Crippen LogP contribution in [-0.4, -0.2) is 85.2 Å². The molecule has 8 nitrogen and oxygen atoms in total. The molecule has 188 valence electrons. The van der Waals surface area contributed by atoms with Gasteiger partial charge in [0.15, 0.2) is 5.69 Å². The maximum absolute atomic E-state index is 13.6. The van der Waals surface area contributed by atoms with Crippen LogP contribution in [0.3, 0.4) is 0 Å². The van der Waals surface area contributed by atoms with Crippen LogP contribution in [0.2, 0.25) is 0 Å². The molecule has 0 saturated carbocycles. The van der Waals surface area contributed by atoms with Gasteiger partial charge in [0, 0.05) is 54.5 Å². The van der Waals surface area contributed by atoms with Gasteiger partial charge in [-0.15, -0.1) is 11.8 Å². The zero-order valence-electron chi connectivity index (χ0n) is 20.4. The first kappa shape index (κ1) is 23.5. The third-order valence-electron chi connectivity index (χ3n) is 6.99. The number of carbonyl (C=O) groups excluding carboxylic acids is 1. The van der Waals surface area contributed by atoms with Crippen LogP contribution in [0, 0.1) is 0 Å². The number of thioether (sulfide) groups is 1. The van der Waals surface area contributed by atoms with Crippen molar-refractivity contribution in [1.82, 2.24) is 19.6 Å². The molecule has 9 heteroatoms. The first-order valence-corrected chi connectivity index (χ1v) is 13.4. The summed E-state index contributed by atoms with van der Waals surface area (Å²) < 4.78 is 18.3. The van der Waals surface area contributed by atoms with Crippen molar-refractivity contribution in [3.8, 4) is 22.7 Å². The maximum Gasteiger partial charge on any atom is 0.274 e. The Labute approximate surface area is 215 Å². The lowest BCUT2D eigenvalue weighted by molar-refractivity contribution is 0.0298. The fourth-order valence-electron chi connectivity index (χ4n) is 4.99. The van der Waals surface area contributed by atoms with Crippen LogP contribution in [0.5, 0.6) is 5.75 Å². The van der Waals surface area contributed by atoms with E-state index in [1.807, 2.05) is 15.6 Å². The predicted molar refractivity (Wildman–Crippen MR) is 138 cm³/mol. The largest absolute Gasteiger partial charge is 0.497 e. The highest BCUT2D eigenvalue weighted by molar-refractivity contribution is 7.98. The van der Waals surface area contributed by atoms with Gasteiger partial charge in [0.05, 0.1) is 44.9 Å². The molecule has 1 aromatic heterocycles. The van der Waals surface area contributed by atoms with E-state index < -0.39 is 0 Å². The number of nitrogens with zero attached hydrogens (tertiary/aromatic N) is 4. The lowest BCUT2D eigenvalue weighted by Gasteiger charge is -2.26. The second-order valence-electron chi connectivity index (χ2n) is 9.20. The third-order valence-corrected chi connectivity index (χ3v) is 8.07. The van der Waals surface area contributed by atoms with Gasteiger partial charge in [-0.2, -0.15) is 5.10 Å². The molecule has 3 aliphatic rings. The minimum atomic E-state index is -0.0187. The van der Waals surface area contributed by atoms with Crippen molar-refractivity contribution >= 4 is 17.7 Å². The molecule has 2 fully saturated rings. The van der Waals surface area contributed by atoms with Crippen molar-refractivity contribution in [2.75, 3.05) is 59.7 Å². The summed E-state index contributed by atoms with van der Waals surface area (Å²) in [5.41, 5.74) is 5.81. The highest BCUT2D eigenvalue weighted by Crippen LogP contribution is 2.45. The quantitative estimate of drug-likeness (QED) is 0.525. The normalized spacial score (nSPS) is 18.0. The van der Waals surface area contributed by atoms with Gasteiger partial charge >= 0.3 is 0 Å². The number of methoxy groups -OCH3 is 1. The molecule has 0 radical (unpaired) electrons. The van der Waals surface area contributed by atoms with Gasteiger partial charge < -0.3 is 19.1 Å². The second-order valence-corrected chi connectivity index (χ2v) is 10.2. The number of hydrogen-bond acceptors (Lipinski definition) is 7. The second kappa shape index (κ2) is 10.3. The molecule has 0 aliphatic carbocycles. The number of aromatic nitrogens is 2. The Kier molecular flexibility index (Phi) is 6.71. The van der Waals surface area contributed by atoms with Crippen LogP contribution in [0.4, 0.5) is 0 Å². The molecule has 4 heterocycles. The minimum absolute atomic E-state index is 0.0187. The lowest BCUT2D eigenvalue weighted by Crippen LogP contribution is -2.41.